The van der Waals surface area contributed by atoms with Gasteiger partial charge in [-0.2, -0.15) is 0 Å². The molecule has 1 heterocycles. The Balaban J connectivity index is 1.52. The summed E-state index contributed by atoms with van der Waals surface area (Å²) in [6.07, 6.45) is 4.74. The van der Waals surface area contributed by atoms with Gasteiger partial charge in [-0.1, -0.05) is 68.8 Å². The van der Waals surface area contributed by atoms with Crippen molar-refractivity contribution in [3.63, 3.8) is 0 Å². The summed E-state index contributed by atoms with van der Waals surface area (Å²) in [5.41, 5.74) is 3.16. The number of hydrogen-bond donors (Lipinski definition) is 0. The smallest absolute Gasteiger partial charge is 0.166 e. The fraction of sp³-hybridized carbons (Fsp3) is 0.357. The summed E-state index contributed by atoms with van der Waals surface area (Å²) >= 11 is 0. The second kappa shape index (κ2) is 9.91. The normalized spacial score (nSPS) is 18.7. The van der Waals surface area contributed by atoms with E-state index in [0.717, 1.165) is 31.4 Å². The molecule has 168 valence electrons. The molecule has 1 aliphatic rings. The van der Waals surface area contributed by atoms with Crippen LogP contribution in [-0.2, 0) is 11.2 Å². The van der Waals surface area contributed by atoms with Crippen LogP contribution >= 0.6 is 0 Å². The first-order valence-corrected chi connectivity index (χ1v) is 11.5. The highest BCUT2D eigenvalue weighted by Crippen LogP contribution is 2.35. The molecule has 0 saturated carbocycles. The van der Waals surface area contributed by atoms with E-state index in [2.05, 4.69) is 6.92 Å². The average molecular weight is 439 g/mol. The van der Waals surface area contributed by atoms with Crippen LogP contribution in [0.2, 0.25) is 0 Å². The third-order valence-corrected chi connectivity index (χ3v) is 6.48. The van der Waals surface area contributed by atoms with Gasteiger partial charge in [0.1, 0.15) is 5.82 Å². The molecule has 0 bridgehead atoms. The number of ether oxygens (including phenoxy) is 1. The van der Waals surface area contributed by atoms with Crippen molar-refractivity contribution >= 4 is 0 Å². The summed E-state index contributed by atoms with van der Waals surface area (Å²) in [5.74, 6) is -1.35. The molecular weight excluding hydrogens is 409 g/mol. The van der Waals surface area contributed by atoms with Crippen LogP contribution in [-0.4, -0.2) is 6.61 Å². The minimum atomic E-state index is -0.846. The first-order valence-electron chi connectivity index (χ1n) is 11.5. The van der Waals surface area contributed by atoms with Gasteiger partial charge in [0.15, 0.2) is 11.6 Å². The highest BCUT2D eigenvalue weighted by molar-refractivity contribution is 5.71. The van der Waals surface area contributed by atoms with Crippen LogP contribution in [0.15, 0.2) is 54.6 Å². The lowest BCUT2D eigenvalue weighted by Crippen LogP contribution is -2.20. The van der Waals surface area contributed by atoms with Crippen LogP contribution in [0.1, 0.15) is 56.8 Å². The van der Waals surface area contributed by atoms with E-state index in [9.17, 15) is 13.2 Å². The van der Waals surface area contributed by atoms with Crippen LogP contribution in [0, 0.1) is 23.4 Å². The SMILES string of the molecule is CCCC1CCC(c2ccc(-c3ccc(-c4ccc(CC)c(F)c4F)cc3)c(F)c2)OC1. The zero-order valence-corrected chi connectivity index (χ0v) is 18.6. The molecule has 3 aromatic rings. The minimum absolute atomic E-state index is 0.0574. The summed E-state index contributed by atoms with van der Waals surface area (Å²) in [6, 6.07) is 15.3. The molecule has 4 heteroatoms. The number of benzene rings is 3. The lowest BCUT2D eigenvalue weighted by atomic mass is 9.91. The Labute approximate surface area is 188 Å². The molecule has 0 amide bonds. The molecule has 0 spiro atoms. The minimum Gasteiger partial charge on any atom is -0.373 e. The van der Waals surface area contributed by atoms with Crippen molar-refractivity contribution in [2.24, 2.45) is 5.92 Å². The Bertz CT molecular complexity index is 1070. The summed E-state index contributed by atoms with van der Waals surface area (Å²) in [7, 11) is 0. The average Bonchev–Trinajstić information content (AvgIpc) is 2.82. The van der Waals surface area contributed by atoms with E-state index >= 15 is 0 Å². The van der Waals surface area contributed by atoms with Gasteiger partial charge in [-0.25, -0.2) is 13.2 Å². The van der Waals surface area contributed by atoms with Crippen LogP contribution < -0.4 is 0 Å². The van der Waals surface area contributed by atoms with Gasteiger partial charge in [-0.15, -0.1) is 0 Å². The maximum absolute atomic E-state index is 14.9. The van der Waals surface area contributed by atoms with Crippen LogP contribution in [0.4, 0.5) is 13.2 Å². The van der Waals surface area contributed by atoms with Gasteiger partial charge in [-0.05, 0) is 59.9 Å². The molecule has 0 aliphatic carbocycles. The Morgan fingerprint density at radius 3 is 2.09 bits per heavy atom. The van der Waals surface area contributed by atoms with E-state index in [4.69, 9.17) is 4.74 Å². The fourth-order valence-electron chi connectivity index (χ4n) is 4.59. The lowest BCUT2D eigenvalue weighted by molar-refractivity contribution is -0.0195. The summed E-state index contributed by atoms with van der Waals surface area (Å²) in [6.45, 7) is 4.71. The van der Waals surface area contributed by atoms with Gasteiger partial charge in [0.05, 0.1) is 12.7 Å². The van der Waals surface area contributed by atoms with Crippen molar-refractivity contribution < 1.29 is 17.9 Å². The Kier molecular flexibility index (Phi) is 7.00. The lowest BCUT2D eigenvalue weighted by Gasteiger charge is -2.29. The zero-order chi connectivity index (χ0) is 22.7. The van der Waals surface area contributed by atoms with Gasteiger partial charge in [-0.3, -0.25) is 0 Å². The maximum atomic E-state index is 14.9. The van der Waals surface area contributed by atoms with Gasteiger partial charge >= 0.3 is 0 Å². The second-order valence-electron chi connectivity index (χ2n) is 8.62. The second-order valence-corrected chi connectivity index (χ2v) is 8.62. The number of hydrogen-bond acceptors (Lipinski definition) is 1. The van der Waals surface area contributed by atoms with Gasteiger partial charge < -0.3 is 4.74 Å². The Morgan fingerprint density at radius 1 is 0.812 bits per heavy atom. The van der Waals surface area contributed by atoms with Crippen LogP contribution in [0.3, 0.4) is 0 Å². The van der Waals surface area contributed by atoms with E-state index in [1.165, 1.54) is 6.42 Å². The van der Waals surface area contributed by atoms with E-state index < -0.39 is 11.6 Å². The van der Waals surface area contributed by atoms with Crippen LogP contribution in [0.5, 0.6) is 0 Å². The molecule has 3 aromatic carbocycles. The predicted molar refractivity (Wildman–Crippen MR) is 123 cm³/mol. The third kappa shape index (κ3) is 4.61. The standard InChI is InChI=1S/C28H29F3O/c1-3-5-18-6-15-26(32-17-18)22-12-13-23(25(29)16-22)20-7-9-21(10-8-20)24-14-11-19(4-2)27(30)28(24)31/h7-14,16,18,26H,3-6,15,17H2,1-2H3. The monoisotopic (exact) mass is 438 g/mol. The summed E-state index contributed by atoms with van der Waals surface area (Å²) in [5, 5.41) is 0. The van der Waals surface area contributed by atoms with Crippen molar-refractivity contribution in [3.05, 3.63) is 83.2 Å². The largest absolute Gasteiger partial charge is 0.373 e. The van der Waals surface area contributed by atoms with Crippen molar-refractivity contribution in [3.8, 4) is 22.3 Å². The van der Waals surface area contributed by atoms with Crippen molar-refractivity contribution in [1.29, 1.82) is 0 Å². The number of halogens is 3. The molecule has 2 atom stereocenters. The molecule has 1 fully saturated rings. The van der Waals surface area contributed by atoms with Crippen LogP contribution in [0.25, 0.3) is 22.3 Å². The van der Waals surface area contributed by atoms with Crippen molar-refractivity contribution in [1.82, 2.24) is 0 Å². The molecule has 1 saturated heterocycles. The van der Waals surface area contributed by atoms with Crippen molar-refractivity contribution in [2.45, 2.75) is 52.1 Å². The maximum Gasteiger partial charge on any atom is 0.166 e. The first-order chi connectivity index (χ1) is 15.5. The summed E-state index contributed by atoms with van der Waals surface area (Å²) in [4.78, 5) is 0. The number of aryl methyl sites for hydroxylation is 1. The van der Waals surface area contributed by atoms with Gasteiger partial charge in [0.2, 0.25) is 0 Å². The quantitative estimate of drug-likeness (QED) is 0.376. The predicted octanol–water partition coefficient (Wildman–Crippen LogP) is 8.27. The molecule has 0 radical (unpaired) electrons. The molecule has 32 heavy (non-hydrogen) atoms. The van der Waals surface area contributed by atoms with E-state index in [1.807, 2.05) is 6.07 Å². The van der Waals surface area contributed by atoms with E-state index in [-0.39, 0.29) is 17.5 Å². The zero-order valence-electron chi connectivity index (χ0n) is 18.6. The van der Waals surface area contributed by atoms with Gasteiger partial charge in [0, 0.05) is 11.1 Å². The Morgan fingerprint density at radius 2 is 1.50 bits per heavy atom. The number of rotatable bonds is 6. The van der Waals surface area contributed by atoms with E-state index in [0.29, 0.717) is 34.6 Å². The molecule has 0 N–H and O–H groups in total. The molecule has 0 aromatic heterocycles. The molecule has 4 rings (SSSR count). The first kappa shape index (κ1) is 22.6. The van der Waals surface area contributed by atoms with Gasteiger partial charge in [0.25, 0.3) is 0 Å². The highest BCUT2D eigenvalue weighted by atomic mass is 19.2. The third-order valence-electron chi connectivity index (χ3n) is 6.48. The van der Waals surface area contributed by atoms with E-state index in [1.54, 1.807) is 55.5 Å². The molecule has 1 nitrogen and oxygen atoms in total. The topological polar surface area (TPSA) is 9.23 Å². The molecule has 2 unspecified atom stereocenters. The van der Waals surface area contributed by atoms with Crippen molar-refractivity contribution in [2.75, 3.05) is 6.61 Å². The highest BCUT2D eigenvalue weighted by Gasteiger charge is 2.23. The molecular formula is C28H29F3O. The molecule has 1 aliphatic heterocycles. The Hall–Kier alpha value is -2.59. The fourth-order valence-corrected chi connectivity index (χ4v) is 4.59. The summed E-state index contributed by atoms with van der Waals surface area (Å²) < 4.78 is 49.6.